The number of benzene rings is 2. The van der Waals surface area contributed by atoms with Crippen LogP contribution in [0, 0.1) is 12.8 Å². The Morgan fingerprint density at radius 3 is 2.86 bits per heavy atom. The van der Waals surface area contributed by atoms with E-state index in [9.17, 15) is 4.79 Å². The molecular weight excluding hydrogens is 376 g/mol. The fourth-order valence-corrected chi connectivity index (χ4v) is 6.66. The van der Waals surface area contributed by atoms with Crippen molar-refractivity contribution in [1.29, 1.82) is 0 Å². The molecule has 0 saturated carbocycles. The third-order valence-corrected chi connectivity index (χ3v) is 8.29. The molecule has 2 aliphatic rings. The van der Waals surface area contributed by atoms with Crippen molar-refractivity contribution in [2.75, 3.05) is 25.0 Å². The molecule has 0 amide bonds. The summed E-state index contributed by atoms with van der Waals surface area (Å²) in [5.74, 6) is 0.795. The van der Waals surface area contributed by atoms with Gasteiger partial charge in [0, 0.05) is 33.1 Å². The maximum absolute atomic E-state index is 13.3. The third-order valence-electron chi connectivity index (χ3n) is 6.98. The monoisotopic (exact) mass is 406 g/mol. The second-order valence-electron chi connectivity index (χ2n) is 8.78. The minimum atomic E-state index is 0.164. The first-order valence-corrected chi connectivity index (χ1v) is 12.0. The van der Waals surface area contributed by atoms with E-state index in [0.29, 0.717) is 0 Å². The molecule has 2 fully saturated rings. The summed E-state index contributed by atoms with van der Waals surface area (Å²) in [6.07, 6.45) is 8.03. The van der Waals surface area contributed by atoms with Crippen molar-refractivity contribution in [2.24, 2.45) is 5.92 Å². The Labute approximate surface area is 176 Å². The van der Waals surface area contributed by atoms with Crippen LogP contribution < -0.4 is 10.7 Å². The molecule has 3 nitrogen and oxygen atoms in total. The minimum Gasteiger partial charge on any atom is -0.384 e. The Bertz CT molecular complexity index is 1090. The quantitative estimate of drug-likeness (QED) is 0.557. The average molecular weight is 407 g/mol. The van der Waals surface area contributed by atoms with Crippen molar-refractivity contribution >= 4 is 37.2 Å². The summed E-state index contributed by atoms with van der Waals surface area (Å²) in [4.78, 5) is 16.0. The molecule has 2 aromatic carbocycles. The maximum atomic E-state index is 13.3. The van der Waals surface area contributed by atoms with E-state index in [0.717, 1.165) is 44.4 Å². The molecule has 0 radical (unpaired) electrons. The van der Waals surface area contributed by atoms with Gasteiger partial charge in [-0.1, -0.05) is 24.6 Å². The predicted octanol–water partition coefficient (Wildman–Crippen LogP) is 5.79. The van der Waals surface area contributed by atoms with Gasteiger partial charge in [-0.3, -0.25) is 4.79 Å². The highest BCUT2D eigenvalue weighted by molar-refractivity contribution is 7.24. The Hall–Kier alpha value is -1.91. The number of nitrogens with one attached hydrogen (secondary N) is 1. The number of piperidine rings is 2. The normalized spacial score (nSPS) is 22.7. The second-order valence-corrected chi connectivity index (χ2v) is 9.83. The van der Waals surface area contributed by atoms with Gasteiger partial charge in [0.1, 0.15) is 0 Å². The van der Waals surface area contributed by atoms with Crippen LogP contribution in [-0.2, 0) is 0 Å². The molecule has 4 heteroatoms. The maximum Gasteiger partial charge on any atom is 0.197 e. The van der Waals surface area contributed by atoms with Crippen LogP contribution in [0.15, 0.2) is 41.2 Å². The van der Waals surface area contributed by atoms with Crippen molar-refractivity contribution < 1.29 is 0 Å². The van der Waals surface area contributed by atoms with Gasteiger partial charge in [-0.05, 0) is 81.8 Å². The second kappa shape index (κ2) is 8.08. The topological polar surface area (TPSA) is 32.3 Å². The minimum absolute atomic E-state index is 0.164. The molecule has 2 atom stereocenters. The van der Waals surface area contributed by atoms with Gasteiger partial charge >= 0.3 is 0 Å². The van der Waals surface area contributed by atoms with Gasteiger partial charge in [-0.15, -0.1) is 11.3 Å². The van der Waals surface area contributed by atoms with Crippen molar-refractivity contribution in [3.05, 3.63) is 52.2 Å². The van der Waals surface area contributed by atoms with E-state index in [2.05, 4.69) is 35.3 Å². The van der Waals surface area contributed by atoms with Gasteiger partial charge in [0.15, 0.2) is 5.43 Å². The highest BCUT2D eigenvalue weighted by Gasteiger charge is 2.32. The fourth-order valence-electron chi connectivity index (χ4n) is 5.49. The summed E-state index contributed by atoms with van der Waals surface area (Å²) in [5, 5.41) is 5.36. The Morgan fingerprint density at radius 1 is 1.07 bits per heavy atom. The van der Waals surface area contributed by atoms with E-state index < -0.39 is 0 Å². The summed E-state index contributed by atoms with van der Waals surface area (Å²) in [6.45, 7) is 5.65. The Balaban J connectivity index is 1.40. The molecule has 3 heterocycles. The van der Waals surface area contributed by atoms with Gasteiger partial charge in [0.25, 0.3) is 0 Å². The summed E-state index contributed by atoms with van der Waals surface area (Å²) in [7, 11) is 0. The van der Waals surface area contributed by atoms with Crippen LogP contribution in [0.5, 0.6) is 0 Å². The molecule has 0 aliphatic carbocycles. The molecule has 0 spiro atoms. The van der Waals surface area contributed by atoms with Crippen LogP contribution >= 0.6 is 11.3 Å². The lowest BCUT2D eigenvalue weighted by molar-refractivity contribution is 0.0573. The molecule has 0 unspecified atom stereocenters. The first-order chi connectivity index (χ1) is 14.2. The van der Waals surface area contributed by atoms with Crippen LogP contribution in [-0.4, -0.2) is 30.6 Å². The average Bonchev–Trinajstić information content (AvgIpc) is 2.76. The van der Waals surface area contributed by atoms with Crippen LogP contribution in [0.4, 0.5) is 5.69 Å². The highest BCUT2D eigenvalue weighted by Crippen LogP contribution is 2.34. The van der Waals surface area contributed by atoms with Crippen LogP contribution in [0.3, 0.4) is 0 Å². The lowest BCUT2D eigenvalue weighted by Gasteiger charge is -2.44. The van der Waals surface area contributed by atoms with Gasteiger partial charge < -0.3 is 10.2 Å². The van der Waals surface area contributed by atoms with Gasteiger partial charge in [-0.2, -0.15) is 0 Å². The number of rotatable bonds is 4. The summed E-state index contributed by atoms with van der Waals surface area (Å²) >= 11 is 1.74. The molecule has 1 N–H and O–H groups in total. The fraction of sp³-hybridized carbons (Fsp3) is 0.480. The van der Waals surface area contributed by atoms with Gasteiger partial charge in [-0.25, -0.2) is 0 Å². The van der Waals surface area contributed by atoms with Crippen molar-refractivity contribution in [2.45, 2.75) is 51.5 Å². The van der Waals surface area contributed by atoms with E-state index in [-0.39, 0.29) is 5.43 Å². The molecule has 2 saturated heterocycles. The predicted molar refractivity (Wildman–Crippen MR) is 125 cm³/mol. The summed E-state index contributed by atoms with van der Waals surface area (Å²) in [5.41, 5.74) is 2.36. The molecule has 5 rings (SSSR count). The van der Waals surface area contributed by atoms with Gasteiger partial charge in [0.05, 0.1) is 5.39 Å². The van der Waals surface area contributed by atoms with Gasteiger partial charge in [0.2, 0.25) is 0 Å². The molecule has 0 bridgehead atoms. The highest BCUT2D eigenvalue weighted by atomic mass is 32.1. The smallest absolute Gasteiger partial charge is 0.197 e. The van der Waals surface area contributed by atoms with E-state index in [1.807, 2.05) is 18.2 Å². The Kier molecular flexibility index (Phi) is 5.31. The third kappa shape index (κ3) is 3.57. The lowest BCUT2D eigenvalue weighted by atomic mass is 9.81. The molecule has 152 valence electrons. The Morgan fingerprint density at radius 2 is 1.93 bits per heavy atom. The zero-order valence-corrected chi connectivity index (χ0v) is 18.1. The number of hydrogen-bond donors (Lipinski definition) is 1. The zero-order valence-electron chi connectivity index (χ0n) is 17.2. The van der Waals surface area contributed by atoms with E-state index in [4.69, 9.17) is 0 Å². The standard InChI is InChI=1S/C25H30N2OS/c1-17-11-12-20(23-24(28)19-8-2-3-10-22(19)29-25(17)23)26-14-13-18-7-6-16-27-15-5-4-9-21(18)27/h2-3,8,10-12,18,21,26H,4-7,9,13-16H2,1H3/t18-,21-/m1/s1. The molecule has 3 aromatic rings. The lowest BCUT2D eigenvalue weighted by Crippen LogP contribution is -2.48. The SMILES string of the molecule is Cc1ccc(NCC[C@H]2CCCN3CCCC[C@H]23)c2c(=O)c3ccccc3sc12. The molecule has 1 aromatic heterocycles. The molecular formula is C25H30N2OS. The molecule has 2 aliphatic heterocycles. The van der Waals surface area contributed by atoms with Crippen LogP contribution in [0.1, 0.15) is 44.1 Å². The van der Waals surface area contributed by atoms with Crippen LogP contribution in [0.2, 0.25) is 0 Å². The summed E-state index contributed by atoms with van der Waals surface area (Å²) in [6, 6.07) is 13.0. The number of anilines is 1. The van der Waals surface area contributed by atoms with Crippen molar-refractivity contribution in [3.63, 3.8) is 0 Å². The number of fused-ring (bicyclic) bond motifs is 3. The number of aryl methyl sites for hydroxylation is 1. The van der Waals surface area contributed by atoms with E-state index in [1.54, 1.807) is 11.3 Å². The van der Waals surface area contributed by atoms with E-state index in [1.165, 1.54) is 57.2 Å². The first kappa shape index (κ1) is 19.1. The number of nitrogens with zero attached hydrogens (tertiary/aromatic N) is 1. The first-order valence-electron chi connectivity index (χ1n) is 11.2. The zero-order chi connectivity index (χ0) is 19.8. The largest absolute Gasteiger partial charge is 0.384 e. The summed E-state index contributed by atoms with van der Waals surface area (Å²) < 4.78 is 2.19. The van der Waals surface area contributed by atoms with Crippen molar-refractivity contribution in [3.8, 4) is 0 Å². The number of hydrogen-bond acceptors (Lipinski definition) is 4. The van der Waals surface area contributed by atoms with E-state index >= 15 is 0 Å². The van der Waals surface area contributed by atoms with Crippen LogP contribution in [0.25, 0.3) is 20.2 Å². The van der Waals surface area contributed by atoms with Crippen molar-refractivity contribution in [1.82, 2.24) is 4.90 Å². The molecule has 29 heavy (non-hydrogen) atoms.